The number of pyridine rings is 1. The zero-order valence-electron chi connectivity index (χ0n) is 13.2. The van der Waals surface area contributed by atoms with Crippen molar-refractivity contribution in [2.45, 2.75) is 12.5 Å². The fraction of sp³-hybridized carbons (Fsp3) is 0.176. The van der Waals surface area contributed by atoms with E-state index in [2.05, 4.69) is 25.8 Å². The summed E-state index contributed by atoms with van der Waals surface area (Å²) in [7, 11) is 0. The van der Waals surface area contributed by atoms with Gasteiger partial charge in [-0.05, 0) is 18.2 Å². The molecule has 0 unspecified atom stereocenters. The molecule has 3 aromatic rings. The minimum Gasteiger partial charge on any atom is -0.493 e. The van der Waals surface area contributed by atoms with Gasteiger partial charge >= 0.3 is 6.03 Å². The van der Waals surface area contributed by atoms with Crippen LogP contribution in [0.2, 0.25) is 0 Å². The number of urea groups is 1. The number of rotatable bonds is 3. The van der Waals surface area contributed by atoms with Crippen LogP contribution in [0.25, 0.3) is 10.7 Å². The van der Waals surface area contributed by atoms with Gasteiger partial charge in [0.25, 0.3) is 0 Å². The second-order valence-corrected chi connectivity index (χ2v) is 6.43. The summed E-state index contributed by atoms with van der Waals surface area (Å²) in [5.74, 6) is 0.812. The molecule has 1 atom stereocenters. The molecule has 2 amide bonds. The van der Waals surface area contributed by atoms with Crippen molar-refractivity contribution < 1.29 is 9.53 Å². The maximum absolute atomic E-state index is 12.3. The number of carbonyl (C=O) groups excluding carboxylic acids is 1. The van der Waals surface area contributed by atoms with Crippen LogP contribution in [0.5, 0.6) is 5.75 Å². The van der Waals surface area contributed by atoms with Crippen LogP contribution in [0.4, 0.5) is 9.93 Å². The summed E-state index contributed by atoms with van der Waals surface area (Å²) in [5, 5.41) is 14.9. The molecule has 0 saturated carbocycles. The molecule has 0 saturated heterocycles. The van der Waals surface area contributed by atoms with Crippen LogP contribution in [0.3, 0.4) is 0 Å². The second-order valence-electron chi connectivity index (χ2n) is 5.45. The molecule has 0 fully saturated rings. The number of nitrogens with one attached hydrogen (secondary N) is 2. The zero-order valence-corrected chi connectivity index (χ0v) is 14.0. The molecule has 0 bridgehead atoms. The van der Waals surface area contributed by atoms with E-state index >= 15 is 0 Å². The number of nitrogens with zero attached hydrogens (tertiary/aromatic N) is 3. The van der Waals surface area contributed by atoms with Crippen molar-refractivity contribution in [3.8, 4) is 16.5 Å². The molecule has 126 valence electrons. The number of carbonyl (C=O) groups is 1. The van der Waals surface area contributed by atoms with E-state index in [1.807, 2.05) is 42.5 Å². The Morgan fingerprint density at radius 3 is 2.92 bits per heavy atom. The van der Waals surface area contributed by atoms with Crippen molar-refractivity contribution in [3.05, 3.63) is 54.2 Å². The largest absolute Gasteiger partial charge is 0.493 e. The molecule has 1 aliphatic rings. The van der Waals surface area contributed by atoms with Gasteiger partial charge in [-0.3, -0.25) is 10.3 Å². The number of amides is 2. The lowest BCUT2D eigenvalue weighted by Gasteiger charge is -2.26. The SMILES string of the molecule is O=C(Nc1nnc(-c2ccccn2)s1)N[C@H]1CCOc2ccccc21. The number of hydrogen-bond donors (Lipinski definition) is 2. The molecule has 0 aliphatic carbocycles. The third-order valence-electron chi connectivity index (χ3n) is 3.79. The lowest BCUT2D eigenvalue weighted by atomic mass is 10.0. The molecule has 1 aromatic carbocycles. The van der Waals surface area contributed by atoms with E-state index < -0.39 is 0 Å². The standard InChI is InChI=1S/C17H15N5O2S/c23-16(19-12-8-10-24-14-7-2-1-5-11(12)14)20-17-22-21-15(25-17)13-6-3-4-9-18-13/h1-7,9,12H,8,10H2,(H2,19,20,22,23)/t12-/m0/s1. The van der Waals surface area contributed by atoms with E-state index in [-0.39, 0.29) is 12.1 Å². The van der Waals surface area contributed by atoms with Crippen molar-refractivity contribution in [3.63, 3.8) is 0 Å². The van der Waals surface area contributed by atoms with Crippen LogP contribution in [-0.4, -0.2) is 27.8 Å². The van der Waals surface area contributed by atoms with Crippen LogP contribution in [-0.2, 0) is 0 Å². The monoisotopic (exact) mass is 353 g/mol. The van der Waals surface area contributed by atoms with Crippen LogP contribution in [0.15, 0.2) is 48.7 Å². The number of aromatic nitrogens is 3. The van der Waals surface area contributed by atoms with Crippen LogP contribution in [0.1, 0.15) is 18.0 Å². The van der Waals surface area contributed by atoms with Crippen LogP contribution < -0.4 is 15.4 Å². The molecule has 25 heavy (non-hydrogen) atoms. The molecule has 1 aliphatic heterocycles. The summed E-state index contributed by atoms with van der Waals surface area (Å²) < 4.78 is 5.61. The van der Waals surface area contributed by atoms with Crippen molar-refractivity contribution >= 4 is 22.5 Å². The predicted octanol–water partition coefficient (Wildman–Crippen LogP) is 3.25. The van der Waals surface area contributed by atoms with E-state index in [4.69, 9.17) is 4.74 Å². The molecule has 2 aromatic heterocycles. The summed E-state index contributed by atoms with van der Waals surface area (Å²) >= 11 is 1.28. The Morgan fingerprint density at radius 1 is 1.16 bits per heavy atom. The Balaban J connectivity index is 1.43. The summed E-state index contributed by atoms with van der Waals surface area (Å²) in [4.78, 5) is 16.5. The number of fused-ring (bicyclic) bond motifs is 1. The van der Waals surface area contributed by atoms with Gasteiger partial charge in [0, 0.05) is 18.2 Å². The van der Waals surface area contributed by atoms with E-state index in [1.165, 1.54) is 11.3 Å². The van der Waals surface area contributed by atoms with Crippen molar-refractivity contribution in [2.75, 3.05) is 11.9 Å². The Hall–Kier alpha value is -3.00. The highest BCUT2D eigenvalue weighted by atomic mass is 32.1. The first-order chi connectivity index (χ1) is 12.3. The number of anilines is 1. The predicted molar refractivity (Wildman–Crippen MR) is 94.6 cm³/mol. The lowest BCUT2D eigenvalue weighted by Crippen LogP contribution is -2.35. The molecule has 0 radical (unpaired) electrons. The third-order valence-corrected chi connectivity index (χ3v) is 4.65. The van der Waals surface area contributed by atoms with Crippen LogP contribution in [0, 0.1) is 0 Å². The summed E-state index contributed by atoms with van der Waals surface area (Å²) in [6.07, 6.45) is 2.42. The first-order valence-corrected chi connectivity index (χ1v) is 8.65. The van der Waals surface area contributed by atoms with E-state index in [1.54, 1.807) is 6.20 Å². The normalized spacial score (nSPS) is 15.8. The first kappa shape index (κ1) is 15.5. The lowest BCUT2D eigenvalue weighted by molar-refractivity contribution is 0.232. The van der Waals surface area contributed by atoms with Gasteiger partial charge in [-0.2, -0.15) is 0 Å². The summed E-state index contributed by atoms with van der Waals surface area (Å²) in [5.41, 5.74) is 1.71. The fourth-order valence-corrected chi connectivity index (χ4v) is 3.37. The number of benzene rings is 1. The molecular formula is C17H15N5O2S. The highest BCUT2D eigenvalue weighted by molar-refractivity contribution is 7.18. The molecule has 2 N–H and O–H groups in total. The molecule has 8 heteroatoms. The zero-order chi connectivity index (χ0) is 17.1. The topological polar surface area (TPSA) is 89.0 Å². The molecule has 7 nitrogen and oxygen atoms in total. The van der Waals surface area contributed by atoms with Crippen molar-refractivity contribution in [1.29, 1.82) is 0 Å². The minimum atomic E-state index is -0.314. The maximum Gasteiger partial charge on any atom is 0.321 e. The van der Waals surface area contributed by atoms with E-state index in [0.717, 1.165) is 23.4 Å². The van der Waals surface area contributed by atoms with E-state index in [9.17, 15) is 4.79 Å². The Bertz CT molecular complexity index is 884. The van der Waals surface area contributed by atoms with Crippen LogP contribution >= 0.6 is 11.3 Å². The van der Waals surface area contributed by atoms with Gasteiger partial charge < -0.3 is 10.1 Å². The van der Waals surface area contributed by atoms with Crippen molar-refractivity contribution in [2.24, 2.45) is 0 Å². The number of hydrogen-bond acceptors (Lipinski definition) is 6. The van der Waals surface area contributed by atoms with Gasteiger partial charge in [-0.1, -0.05) is 35.6 Å². The molecule has 0 spiro atoms. The molecule has 3 heterocycles. The minimum absolute atomic E-state index is 0.0897. The van der Waals surface area contributed by atoms with E-state index in [0.29, 0.717) is 16.7 Å². The summed E-state index contributed by atoms with van der Waals surface area (Å²) in [6, 6.07) is 12.9. The maximum atomic E-state index is 12.3. The second kappa shape index (κ2) is 6.86. The highest BCUT2D eigenvalue weighted by Gasteiger charge is 2.23. The van der Waals surface area contributed by atoms with Gasteiger partial charge in [0.2, 0.25) is 5.13 Å². The third kappa shape index (κ3) is 3.43. The van der Waals surface area contributed by atoms with Gasteiger partial charge in [0.05, 0.1) is 12.6 Å². The van der Waals surface area contributed by atoms with Gasteiger partial charge in [0.1, 0.15) is 11.4 Å². The molecular weight excluding hydrogens is 338 g/mol. The quantitative estimate of drug-likeness (QED) is 0.754. The van der Waals surface area contributed by atoms with Gasteiger partial charge in [0.15, 0.2) is 5.01 Å². The number of ether oxygens (including phenoxy) is 1. The Morgan fingerprint density at radius 2 is 2.04 bits per heavy atom. The van der Waals surface area contributed by atoms with Gasteiger partial charge in [-0.25, -0.2) is 4.79 Å². The molecule has 4 rings (SSSR count). The Kier molecular flexibility index (Phi) is 4.26. The first-order valence-electron chi connectivity index (χ1n) is 7.84. The number of para-hydroxylation sites is 1. The average molecular weight is 353 g/mol. The van der Waals surface area contributed by atoms with Crippen molar-refractivity contribution in [1.82, 2.24) is 20.5 Å². The highest BCUT2D eigenvalue weighted by Crippen LogP contribution is 2.31. The fourth-order valence-electron chi connectivity index (χ4n) is 2.65. The summed E-state index contributed by atoms with van der Waals surface area (Å²) in [6.45, 7) is 0.574. The average Bonchev–Trinajstić information content (AvgIpc) is 3.11. The Labute approximate surface area is 148 Å². The smallest absolute Gasteiger partial charge is 0.321 e. The van der Waals surface area contributed by atoms with Gasteiger partial charge in [-0.15, -0.1) is 10.2 Å².